The van der Waals surface area contributed by atoms with Gasteiger partial charge in [-0.3, -0.25) is 14.9 Å². The minimum atomic E-state index is -0.409. The van der Waals surface area contributed by atoms with Crippen molar-refractivity contribution < 1.29 is 4.79 Å². The van der Waals surface area contributed by atoms with Gasteiger partial charge in [-0.05, 0) is 18.9 Å². The molecule has 1 aromatic heterocycles. The van der Waals surface area contributed by atoms with Crippen LogP contribution in [-0.2, 0) is 6.54 Å². The number of nitrogens with two attached hydrogens (primary N) is 1. The smallest absolute Gasteiger partial charge is 0.287 e. The number of nitrogen functional groups attached to an aromatic ring is 1. The van der Waals surface area contributed by atoms with Gasteiger partial charge in [0.25, 0.3) is 5.91 Å². The number of hydrogen-bond acceptors (Lipinski definition) is 5. The maximum absolute atomic E-state index is 11.2. The molecule has 1 aliphatic heterocycles. The topological polar surface area (TPSA) is 89.1 Å². The van der Waals surface area contributed by atoms with Crippen LogP contribution in [0.25, 0.3) is 0 Å². The summed E-state index contributed by atoms with van der Waals surface area (Å²) in [7, 11) is 0. The molecule has 7 heteroatoms. The first-order valence-electron chi connectivity index (χ1n) is 6.36. The number of hydrazine groups is 1. The molecule has 0 bridgehead atoms. The number of likely N-dealkylation sites (tertiary alicyclic amines) is 1. The van der Waals surface area contributed by atoms with Gasteiger partial charge in [0.2, 0.25) is 0 Å². The van der Waals surface area contributed by atoms with Gasteiger partial charge in [0.05, 0.1) is 12.7 Å². The van der Waals surface area contributed by atoms with Crippen molar-refractivity contribution in [2.24, 2.45) is 11.8 Å². The van der Waals surface area contributed by atoms with Crippen LogP contribution in [0.15, 0.2) is 6.20 Å². The van der Waals surface area contributed by atoms with Crippen LogP contribution in [0, 0.1) is 5.92 Å². The third-order valence-corrected chi connectivity index (χ3v) is 3.50. The lowest BCUT2D eigenvalue weighted by Crippen LogP contribution is -2.30. The normalized spacial score (nSPS) is 20.2. The molecular formula is C11H20N6O. The molecule has 18 heavy (non-hydrogen) atoms. The highest BCUT2D eigenvalue weighted by atomic mass is 16.2. The second-order valence-electron chi connectivity index (χ2n) is 4.70. The van der Waals surface area contributed by atoms with E-state index in [0.717, 1.165) is 25.6 Å². The number of hydrogen-bond donors (Lipinski definition) is 2. The van der Waals surface area contributed by atoms with Crippen LogP contribution >= 0.6 is 0 Å². The Hall–Kier alpha value is -1.47. The largest absolute Gasteiger partial charge is 0.301 e. The zero-order chi connectivity index (χ0) is 13.0. The van der Waals surface area contributed by atoms with Crippen LogP contribution in [0.5, 0.6) is 0 Å². The third-order valence-electron chi connectivity index (χ3n) is 3.50. The molecule has 2 heterocycles. The molecule has 1 aliphatic rings. The highest BCUT2D eigenvalue weighted by Crippen LogP contribution is 2.18. The minimum absolute atomic E-state index is 0.255. The molecule has 0 aromatic carbocycles. The number of rotatable bonds is 5. The van der Waals surface area contributed by atoms with Gasteiger partial charge >= 0.3 is 0 Å². The van der Waals surface area contributed by atoms with E-state index in [-0.39, 0.29) is 5.69 Å². The Bertz CT molecular complexity index is 404. The lowest BCUT2D eigenvalue weighted by molar-refractivity contribution is 0.0948. The monoisotopic (exact) mass is 252 g/mol. The minimum Gasteiger partial charge on any atom is -0.301 e. The Kier molecular flexibility index (Phi) is 4.27. The molecule has 1 fully saturated rings. The molecule has 0 radical (unpaired) electrons. The Morgan fingerprint density at radius 2 is 2.44 bits per heavy atom. The van der Waals surface area contributed by atoms with Gasteiger partial charge in [-0.2, -0.15) is 0 Å². The summed E-state index contributed by atoms with van der Waals surface area (Å²) < 4.78 is 1.68. The fraction of sp³-hybridized carbons (Fsp3) is 0.727. The molecule has 100 valence electrons. The van der Waals surface area contributed by atoms with Crippen LogP contribution in [0.3, 0.4) is 0 Å². The van der Waals surface area contributed by atoms with E-state index in [1.54, 1.807) is 10.9 Å². The van der Waals surface area contributed by atoms with E-state index in [9.17, 15) is 4.79 Å². The highest BCUT2D eigenvalue weighted by Gasteiger charge is 2.20. The van der Waals surface area contributed by atoms with E-state index in [1.807, 2.05) is 5.43 Å². The maximum Gasteiger partial charge on any atom is 0.287 e. The number of carbonyl (C=O) groups excluding carboxylic acids is 1. The van der Waals surface area contributed by atoms with Crippen LogP contribution in [0.4, 0.5) is 0 Å². The number of amides is 1. The zero-order valence-electron chi connectivity index (χ0n) is 10.7. The first-order valence-corrected chi connectivity index (χ1v) is 6.36. The summed E-state index contributed by atoms with van der Waals surface area (Å²) in [6.07, 6.45) is 4.16. The van der Waals surface area contributed by atoms with Crippen LogP contribution < -0.4 is 11.3 Å². The Morgan fingerprint density at radius 1 is 1.61 bits per heavy atom. The molecule has 2 rings (SSSR count). The standard InChI is InChI=1S/C11H20N6O/c1-2-9-3-4-16(7-9)5-6-17-8-10(14-15-17)11(18)13-12/h8-9H,2-7,12H2,1H3,(H,13,18). The second-order valence-corrected chi connectivity index (χ2v) is 4.70. The molecule has 1 atom stereocenters. The SMILES string of the molecule is CCC1CCN(CCn2cc(C(=O)NN)nn2)C1. The molecule has 1 unspecified atom stereocenters. The maximum atomic E-state index is 11.2. The van der Waals surface area contributed by atoms with Crippen LogP contribution in [-0.4, -0.2) is 45.4 Å². The average molecular weight is 252 g/mol. The highest BCUT2D eigenvalue weighted by molar-refractivity contribution is 5.91. The first-order chi connectivity index (χ1) is 8.72. The fourth-order valence-corrected chi connectivity index (χ4v) is 2.28. The molecule has 1 amide bonds. The molecule has 0 spiro atoms. The third kappa shape index (κ3) is 3.05. The van der Waals surface area contributed by atoms with Gasteiger partial charge in [-0.1, -0.05) is 18.6 Å². The van der Waals surface area contributed by atoms with Gasteiger partial charge in [0.15, 0.2) is 5.69 Å². The van der Waals surface area contributed by atoms with Gasteiger partial charge < -0.3 is 4.90 Å². The predicted molar refractivity (Wildman–Crippen MR) is 66.5 cm³/mol. The average Bonchev–Trinajstić information content (AvgIpc) is 3.04. The summed E-state index contributed by atoms with van der Waals surface area (Å²) in [5.41, 5.74) is 2.29. The second kappa shape index (κ2) is 5.92. The van der Waals surface area contributed by atoms with Crippen molar-refractivity contribution in [2.45, 2.75) is 26.3 Å². The number of nitrogens with one attached hydrogen (secondary N) is 1. The molecule has 3 N–H and O–H groups in total. The van der Waals surface area contributed by atoms with Gasteiger partial charge in [0, 0.05) is 13.1 Å². The van der Waals surface area contributed by atoms with Crippen molar-refractivity contribution in [3.05, 3.63) is 11.9 Å². The molecule has 7 nitrogen and oxygen atoms in total. The van der Waals surface area contributed by atoms with E-state index in [0.29, 0.717) is 0 Å². The Labute approximate surface area is 106 Å². The summed E-state index contributed by atoms with van der Waals surface area (Å²) >= 11 is 0. The molecular weight excluding hydrogens is 232 g/mol. The predicted octanol–water partition coefficient (Wildman–Crippen LogP) is -0.386. The van der Waals surface area contributed by atoms with Crippen LogP contribution in [0.2, 0.25) is 0 Å². The summed E-state index contributed by atoms with van der Waals surface area (Å²) in [4.78, 5) is 13.6. The number of carbonyl (C=O) groups is 1. The summed E-state index contributed by atoms with van der Waals surface area (Å²) in [5.74, 6) is 5.46. The quantitative estimate of drug-likeness (QED) is 0.423. The molecule has 1 aromatic rings. The molecule has 1 saturated heterocycles. The fourth-order valence-electron chi connectivity index (χ4n) is 2.28. The van der Waals surface area contributed by atoms with Crippen molar-refractivity contribution in [1.82, 2.24) is 25.3 Å². The van der Waals surface area contributed by atoms with Gasteiger partial charge in [0.1, 0.15) is 0 Å². The van der Waals surface area contributed by atoms with Crippen molar-refractivity contribution in [3.63, 3.8) is 0 Å². The van der Waals surface area contributed by atoms with E-state index in [2.05, 4.69) is 22.1 Å². The number of nitrogens with zero attached hydrogens (tertiary/aromatic N) is 4. The van der Waals surface area contributed by atoms with Crippen LogP contribution in [0.1, 0.15) is 30.3 Å². The summed E-state index contributed by atoms with van der Waals surface area (Å²) in [6.45, 7) is 6.26. The van der Waals surface area contributed by atoms with Crippen molar-refractivity contribution >= 4 is 5.91 Å². The number of aromatic nitrogens is 3. The Balaban J connectivity index is 1.80. The lowest BCUT2D eigenvalue weighted by Gasteiger charge is -2.14. The lowest BCUT2D eigenvalue weighted by atomic mass is 10.1. The summed E-state index contributed by atoms with van der Waals surface area (Å²) in [5, 5.41) is 7.67. The van der Waals surface area contributed by atoms with Gasteiger partial charge in [-0.25, -0.2) is 5.84 Å². The first kappa shape index (κ1) is 13.0. The zero-order valence-corrected chi connectivity index (χ0v) is 10.7. The van der Waals surface area contributed by atoms with E-state index in [4.69, 9.17) is 5.84 Å². The molecule has 0 aliphatic carbocycles. The van der Waals surface area contributed by atoms with E-state index < -0.39 is 5.91 Å². The summed E-state index contributed by atoms with van der Waals surface area (Å²) in [6, 6.07) is 0. The molecule has 0 saturated carbocycles. The van der Waals surface area contributed by atoms with E-state index in [1.165, 1.54) is 19.4 Å². The van der Waals surface area contributed by atoms with Crippen molar-refractivity contribution in [1.29, 1.82) is 0 Å². The van der Waals surface area contributed by atoms with Crippen molar-refractivity contribution in [3.8, 4) is 0 Å². The Morgan fingerprint density at radius 3 is 3.11 bits per heavy atom. The van der Waals surface area contributed by atoms with E-state index >= 15 is 0 Å². The van der Waals surface area contributed by atoms with Gasteiger partial charge in [-0.15, -0.1) is 5.10 Å². The van der Waals surface area contributed by atoms with Crippen molar-refractivity contribution in [2.75, 3.05) is 19.6 Å².